The van der Waals surface area contributed by atoms with Crippen LogP contribution < -0.4 is 9.08 Å². The highest BCUT2D eigenvalue weighted by atomic mass is 32.2. The van der Waals surface area contributed by atoms with Gasteiger partial charge in [0.15, 0.2) is 0 Å². The molecule has 0 atom stereocenters. The van der Waals surface area contributed by atoms with Crippen molar-refractivity contribution < 1.29 is 17.4 Å². The van der Waals surface area contributed by atoms with E-state index in [9.17, 15) is 13.2 Å². The standard InChI is InChI=1S/C29H34N2O4S/c1-3-29(32)31(25-9-5-4-6-10-25)26-17-20-30(21-18-26)19-16-24-8-7-11-27(22-24)35-36(33,34)28-14-12-23(2)13-15-28/h4-15,22,26H,3,16-21H2,1-2H3. The van der Waals surface area contributed by atoms with Gasteiger partial charge < -0.3 is 14.0 Å². The van der Waals surface area contributed by atoms with Gasteiger partial charge in [-0.15, -0.1) is 0 Å². The van der Waals surface area contributed by atoms with Gasteiger partial charge in [0.2, 0.25) is 5.91 Å². The normalized spacial score (nSPS) is 14.9. The van der Waals surface area contributed by atoms with E-state index in [4.69, 9.17) is 4.18 Å². The second kappa shape index (κ2) is 11.7. The lowest BCUT2D eigenvalue weighted by atomic mass is 10.0. The van der Waals surface area contributed by atoms with Gasteiger partial charge in [0.05, 0.1) is 0 Å². The van der Waals surface area contributed by atoms with E-state index in [2.05, 4.69) is 4.90 Å². The van der Waals surface area contributed by atoms with Gasteiger partial charge >= 0.3 is 10.1 Å². The lowest BCUT2D eigenvalue weighted by Crippen LogP contribution is -2.47. The molecule has 1 fully saturated rings. The molecule has 3 aromatic carbocycles. The largest absolute Gasteiger partial charge is 0.379 e. The number of anilines is 1. The number of hydrogen-bond acceptors (Lipinski definition) is 5. The Hall–Kier alpha value is -3.16. The molecule has 1 heterocycles. The average molecular weight is 507 g/mol. The van der Waals surface area contributed by atoms with Crippen LogP contribution in [0.4, 0.5) is 5.69 Å². The summed E-state index contributed by atoms with van der Waals surface area (Å²) in [5, 5.41) is 0. The Balaban J connectivity index is 1.32. The minimum Gasteiger partial charge on any atom is -0.379 e. The topological polar surface area (TPSA) is 66.9 Å². The molecule has 1 saturated heterocycles. The molecule has 0 saturated carbocycles. The van der Waals surface area contributed by atoms with Crippen molar-refractivity contribution in [1.82, 2.24) is 4.90 Å². The van der Waals surface area contributed by atoms with Gasteiger partial charge in [0, 0.05) is 37.8 Å². The highest BCUT2D eigenvalue weighted by molar-refractivity contribution is 7.87. The van der Waals surface area contributed by atoms with Crippen LogP contribution in [-0.4, -0.2) is 44.9 Å². The number of rotatable bonds is 9. The van der Waals surface area contributed by atoms with E-state index in [1.54, 1.807) is 36.4 Å². The highest BCUT2D eigenvalue weighted by Gasteiger charge is 2.28. The van der Waals surface area contributed by atoms with Crippen LogP contribution in [-0.2, 0) is 21.3 Å². The molecule has 1 amide bonds. The fraction of sp³-hybridized carbons (Fsp3) is 0.345. The molecule has 0 aliphatic carbocycles. The minimum atomic E-state index is -3.87. The molecule has 0 N–H and O–H groups in total. The third kappa shape index (κ3) is 6.53. The first-order valence-electron chi connectivity index (χ1n) is 12.6. The SMILES string of the molecule is CCC(=O)N(c1ccccc1)C1CCN(CCc2cccc(OS(=O)(=O)c3ccc(C)cc3)c2)CC1. The number of aryl methyl sites for hydroxylation is 1. The number of para-hydroxylation sites is 1. The summed E-state index contributed by atoms with van der Waals surface area (Å²) in [4.78, 5) is 17.2. The molecule has 4 rings (SSSR count). The van der Waals surface area contributed by atoms with E-state index in [-0.39, 0.29) is 16.8 Å². The predicted octanol–water partition coefficient (Wildman–Crippen LogP) is 5.21. The van der Waals surface area contributed by atoms with Gasteiger partial charge in [-0.3, -0.25) is 4.79 Å². The summed E-state index contributed by atoms with van der Waals surface area (Å²) in [7, 11) is -3.87. The molecular formula is C29H34N2O4S. The van der Waals surface area contributed by atoms with Crippen LogP contribution in [0.15, 0.2) is 83.8 Å². The maximum Gasteiger partial charge on any atom is 0.339 e. The molecule has 0 bridgehead atoms. The van der Waals surface area contributed by atoms with Crippen LogP contribution in [0.25, 0.3) is 0 Å². The van der Waals surface area contributed by atoms with E-state index in [0.717, 1.165) is 55.7 Å². The zero-order valence-electron chi connectivity index (χ0n) is 21.0. The second-order valence-corrected chi connectivity index (χ2v) is 10.8. The van der Waals surface area contributed by atoms with Crippen molar-refractivity contribution in [2.75, 3.05) is 24.5 Å². The van der Waals surface area contributed by atoms with Crippen molar-refractivity contribution in [3.05, 3.63) is 90.0 Å². The van der Waals surface area contributed by atoms with Crippen LogP contribution in [0.3, 0.4) is 0 Å². The van der Waals surface area contributed by atoms with Gasteiger partial charge in [-0.25, -0.2) is 0 Å². The van der Waals surface area contributed by atoms with Crippen LogP contribution in [0.1, 0.15) is 37.3 Å². The van der Waals surface area contributed by atoms with Crippen molar-refractivity contribution in [3.63, 3.8) is 0 Å². The average Bonchev–Trinajstić information content (AvgIpc) is 2.89. The first kappa shape index (κ1) is 25.9. The molecule has 1 aliphatic heterocycles. The molecule has 0 spiro atoms. The Morgan fingerprint density at radius 3 is 2.33 bits per heavy atom. The molecule has 0 unspecified atom stereocenters. The van der Waals surface area contributed by atoms with Crippen LogP contribution in [0.2, 0.25) is 0 Å². The third-order valence-corrected chi connectivity index (χ3v) is 7.92. The summed E-state index contributed by atoms with van der Waals surface area (Å²) in [6.45, 7) is 6.53. The first-order chi connectivity index (χ1) is 17.4. The van der Waals surface area contributed by atoms with Crippen molar-refractivity contribution in [3.8, 4) is 5.75 Å². The van der Waals surface area contributed by atoms with Gasteiger partial charge in [-0.1, -0.05) is 55.0 Å². The summed E-state index contributed by atoms with van der Waals surface area (Å²) in [6.07, 6.45) is 3.15. The van der Waals surface area contributed by atoms with E-state index < -0.39 is 10.1 Å². The number of benzene rings is 3. The number of carbonyl (C=O) groups is 1. The van der Waals surface area contributed by atoms with Crippen molar-refractivity contribution in [2.45, 2.75) is 50.5 Å². The molecule has 0 aromatic heterocycles. The van der Waals surface area contributed by atoms with E-state index in [0.29, 0.717) is 12.2 Å². The summed E-state index contributed by atoms with van der Waals surface area (Å²) in [5.41, 5.74) is 2.99. The highest BCUT2D eigenvalue weighted by Crippen LogP contribution is 2.25. The first-order valence-corrected chi connectivity index (χ1v) is 14.0. The number of likely N-dealkylation sites (tertiary alicyclic amines) is 1. The van der Waals surface area contributed by atoms with Gasteiger partial charge in [-0.2, -0.15) is 8.42 Å². The summed E-state index contributed by atoms with van der Waals surface area (Å²) < 4.78 is 30.7. The summed E-state index contributed by atoms with van der Waals surface area (Å²) in [6, 6.07) is 24.1. The molecule has 7 heteroatoms. The molecule has 6 nitrogen and oxygen atoms in total. The summed E-state index contributed by atoms with van der Waals surface area (Å²) >= 11 is 0. The fourth-order valence-corrected chi connectivity index (χ4v) is 5.56. The number of hydrogen-bond donors (Lipinski definition) is 0. The second-order valence-electron chi connectivity index (χ2n) is 9.27. The number of piperidine rings is 1. The minimum absolute atomic E-state index is 0.146. The monoisotopic (exact) mass is 506 g/mol. The Bertz CT molecular complexity index is 1250. The Labute approximate surface area is 214 Å². The van der Waals surface area contributed by atoms with E-state index in [1.807, 2.05) is 61.2 Å². The summed E-state index contributed by atoms with van der Waals surface area (Å²) in [5.74, 6) is 0.486. The van der Waals surface area contributed by atoms with Crippen molar-refractivity contribution in [2.24, 2.45) is 0 Å². The lowest BCUT2D eigenvalue weighted by Gasteiger charge is -2.38. The zero-order valence-corrected chi connectivity index (χ0v) is 21.8. The number of amides is 1. The smallest absolute Gasteiger partial charge is 0.339 e. The number of carbonyl (C=O) groups excluding carboxylic acids is 1. The molecule has 3 aromatic rings. The molecule has 36 heavy (non-hydrogen) atoms. The van der Waals surface area contributed by atoms with Gasteiger partial charge in [0.1, 0.15) is 10.6 Å². The molecule has 0 radical (unpaired) electrons. The quantitative estimate of drug-likeness (QED) is 0.373. The van der Waals surface area contributed by atoms with Gasteiger partial charge in [-0.05, 0) is 68.1 Å². The van der Waals surface area contributed by atoms with Crippen LogP contribution >= 0.6 is 0 Å². The molecular weight excluding hydrogens is 472 g/mol. The van der Waals surface area contributed by atoms with E-state index in [1.165, 1.54) is 0 Å². The zero-order chi connectivity index (χ0) is 25.5. The Kier molecular flexibility index (Phi) is 8.44. The van der Waals surface area contributed by atoms with Crippen LogP contribution in [0, 0.1) is 6.92 Å². The maximum absolute atomic E-state index is 12.7. The van der Waals surface area contributed by atoms with Gasteiger partial charge in [0.25, 0.3) is 0 Å². The predicted molar refractivity (Wildman–Crippen MR) is 143 cm³/mol. The lowest BCUT2D eigenvalue weighted by molar-refractivity contribution is -0.119. The Morgan fingerprint density at radius 2 is 1.67 bits per heavy atom. The van der Waals surface area contributed by atoms with Crippen molar-refractivity contribution in [1.29, 1.82) is 0 Å². The van der Waals surface area contributed by atoms with Crippen LogP contribution in [0.5, 0.6) is 5.75 Å². The van der Waals surface area contributed by atoms with Crippen molar-refractivity contribution >= 4 is 21.7 Å². The maximum atomic E-state index is 12.7. The molecule has 190 valence electrons. The third-order valence-electron chi connectivity index (χ3n) is 6.66. The Morgan fingerprint density at radius 1 is 0.972 bits per heavy atom. The number of nitrogens with zero attached hydrogens (tertiary/aromatic N) is 2. The fourth-order valence-electron chi connectivity index (χ4n) is 4.64. The van der Waals surface area contributed by atoms with E-state index >= 15 is 0 Å². The molecule has 1 aliphatic rings.